The second kappa shape index (κ2) is 8.74. The van der Waals surface area contributed by atoms with E-state index in [1.807, 2.05) is 0 Å². The highest BCUT2D eigenvalue weighted by Gasteiger charge is 2.74. The second-order valence-electron chi connectivity index (χ2n) is 14.9. The summed E-state index contributed by atoms with van der Waals surface area (Å²) in [7, 11) is 0. The number of ketones is 1. The van der Waals surface area contributed by atoms with Crippen molar-refractivity contribution in [2.24, 2.45) is 39.4 Å². The molecule has 5 fully saturated rings. The highest BCUT2D eigenvalue weighted by atomic mass is 16.5. The van der Waals surface area contributed by atoms with Crippen molar-refractivity contribution in [2.75, 3.05) is 32.8 Å². The highest BCUT2D eigenvalue weighted by molar-refractivity contribution is 6.00. The summed E-state index contributed by atoms with van der Waals surface area (Å²) < 4.78 is 5.61. The highest BCUT2D eigenvalue weighted by Crippen LogP contribution is 2.78. The number of carbonyl (C=O) groups excluding carboxylic acids is 1. The third-order valence-electron chi connectivity index (χ3n) is 13.5. The fourth-order valence-corrected chi connectivity index (χ4v) is 11.3. The number of carbonyl (C=O) groups is 1. The molecule has 2 N–H and O–H groups in total. The number of morpholine rings is 1. The summed E-state index contributed by atoms with van der Waals surface area (Å²) in [4.78, 5) is 17.0. The Hall–Kier alpha value is -1.01. The molecule has 8 rings (SSSR count). The summed E-state index contributed by atoms with van der Waals surface area (Å²) >= 11 is 0. The van der Waals surface area contributed by atoms with Gasteiger partial charge < -0.3 is 14.9 Å². The molecule has 1 heterocycles. The van der Waals surface area contributed by atoms with E-state index in [9.17, 15) is 15.0 Å². The van der Waals surface area contributed by atoms with Gasteiger partial charge in [-0.1, -0.05) is 51.3 Å². The van der Waals surface area contributed by atoms with Crippen LogP contribution in [0.3, 0.4) is 0 Å². The molecule has 7 aliphatic carbocycles. The van der Waals surface area contributed by atoms with Crippen molar-refractivity contribution in [3.63, 3.8) is 0 Å². The van der Waals surface area contributed by atoms with Crippen LogP contribution in [0.15, 0.2) is 23.8 Å². The molecule has 8 aliphatic rings. The number of hydrogen-bond donors (Lipinski definition) is 2. The standard InChI is InChI=1S/C33H49NO4/c1-29-11-8-24(35)20-31(29)14-15-33(25(21-31)28(36)23-6-4-3-5-7-23)26(29)9-12-30(2)27(33)10-13-32(30,37)22-34-16-18-38-19-17-34/h14-15,21,23-24,26-27,35,37H,3-13,16-20,22H2,1-2H3. The van der Waals surface area contributed by atoms with Crippen molar-refractivity contribution in [2.45, 2.75) is 103 Å². The first-order valence-corrected chi connectivity index (χ1v) is 15.9. The second-order valence-corrected chi connectivity index (χ2v) is 14.9. The van der Waals surface area contributed by atoms with Crippen molar-refractivity contribution in [1.82, 2.24) is 4.90 Å². The molecule has 0 aromatic heterocycles. The lowest BCUT2D eigenvalue weighted by atomic mass is 9.32. The smallest absolute Gasteiger partial charge is 0.162 e. The van der Waals surface area contributed by atoms with Gasteiger partial charge in [0, 0.05) is 47.4 Å². The van der Waals surface area contributed by atoms with E-state index in [2.05, 4.69) is 37.0 Å². The van der Waals surface area contributed by atoms with Crippen LogP contribution < -0.4 is 0 Å². The minimum Gasteiger partial charge on any atom is -0.393 e. The molecule has 8 unspecified atom stereocenters. The number of allylic oxidation sites excluding steroid dienone is 4. The van der Waals surface area contributed by atoms with Gasteiger partial charge in [-0.2, -0.15) is 0 Å². The molecule has 0 radical (unpaired) electrons. The SMILES string of the molecule is CC12CCC(O)CC13C=CC1(C(C(=O)C4CCCCC4)=C3)C2CCC2(C)C1CCC2(O)CN1CCOCC1. The predicted octanol–water partition coefficient (Wildman–Crippen LogP) is 5.06. The van der Waals surface area contributed by atoms with Crippen molar-refractivity contribution in [1.29, 1.82) is 0 Å². The number of rotatable bonds is 4. The molecular formula is C33H49NO4. The minimum absolute atomic E-state index is 0.0591. The van der Waals surface area contributed by atoms with Crippen molar-refractivity contribution in [3.8, 4) is 0 Å². The molecule has 2 bridgehead atoms. The Morgan fingerprint density at radius 2 is 1.63 bits per heavy atom. The van der Waals surface area contributed by atoms with Crippen molar-refractivity contribution in [3.05, 3.63) is 23.8 Å². The number of Topliss-reactive ketones (excluding diaryl/α,β-unsaturated/α-hetero) is 1. The van der Waals surface area contributed by atoms with Gasteiger partial charge in [0.2, 0.25) is 0 Å². The minimum atomic E-state index is -0.739. The van der Waals surface area contributed by atoms with Gasteiger partial charge in [-0.25, -0.2) is 0 Å². The van der Waals surface area contributed by atoms with E-state index in [-0.39, 0.29) is 39.6 Å². The first-order chi connectivity index (χ1) is 18.2. The molecule has 0 aromatic rings. The van der Waals surface area contributed by atoms with Crippen LogP contribution in [0.1, 0.15) is 90.9 Å². The maximum absolute atomic E-state index is 14.6. The molecule has 4 saturated carbocycles. The van der Waals surface area contributed by atoms with E-state index in [0.717, 1.165) is 109 Å². The molecule has 5 heteroatoms. The maximum Gasteiger partial charge on any atom is 0.162 e. The molecule has 8 atom stereocenters. The Morgan fingerprint density at radius 1 is 0.947 bits per heavy atom. The molecule has 2 spiro atoms. The number of hydrogen-bond acceptors (Lipinski definition) is 5. The van der Waals surface area contributed by atoms with Gasteiger partial charge >= 0.3 is 0 Å². The molecular weight excluding hydrogens is 474 g/mol. The van der Waals surface area contributed by atoms with E-state index in [0.29, 0.717) is 11.7 Å². The summed E-state index contributed by atoms with van der Waals surface area (Å²) in [5, 5.41) is 23.3. The third-order valence-corrected chi connectivity index (χ3v) is 13.5. The predicted molar refractivity (Wildman–Crippen MR) is 147 cm³/mol. The van der Waals surface area contributed by atoms with Crippen LogP contribution in [0.25, 0.3) is 0 Å². The average Bonchev–Trinajstić information content (AvgIpc) is 3.19. The van der Waals surface area contributed by atoms with Crippen LogP contribution in [0.5, 0.6) is 0 Å². The summed E-state index contributed by atoms with van der Waals surface area (Å²) in [6.07, 6.45) is 19.2. The third kappa shape index (κ3) is 3.28. The van der Waals surface area contributed by atoms with Gasteiger partial charge in [0.1, 0.15) is 0 Å². The van der Waals surface area contributed by atoms with Crippen LogP contribution in [0.2, 0.25) is 0 Å². The van der Waals surface area contributed by atoms with Gasteiger partial charge in [0.15, 0.2) is 5.78 Å². The topological polar surface area (TPSA) is 70.0 Å². The lowest BCUT2D eigenvalue weighted by Gasteiger charge is -2.71. The van der Waals surface area contributed by atoms with Gasteiger partial charge in [-0.05, 0) is 75.0 Å². The Labute approximate surface area is 229 Å². The Morgan fingerprint density at radius 3 is 2.39 bits per heavy atom. The lowest BCUT2D eigenvalue weighted by Crippen LogP contribution is -2.67. The number of aliphatic hydroxyl groups is 2. The van der Waals surface area contributed by atoms with E-state index in [1.54, 1.807) is 0 Å². The van der Waals surface area contributed by atoms with E-state index in [1.165, 1.54) is 6.42 Å². The molecule has 0 aromatic carbocycles. The summed E-state index contributed by atoms with van der Waals surface area (Å²) in [6, 6.07) is 0. The number of β-amino-alcohol motifs (C(OH)–C–C–N with tert-alkyl or cyclic N) is 1. The van der Waals surface area contributed by atoms with Gasteiger partial charge in [-0.3, -0.25) is 9.69 Å². The van der Waals surface area contributed by atoms with Gasteiger partial charge in [0.25, 0.3) is 0 Å². The van der Waals surface area contributed by atoms with Crippen molar-refractivity contribution < 1.29 is 19.7 Å². The fraction of sp³-hybridized carbons (Fsp3) is 0.848. The largest absolute Gasteiger partial charge is 0.393 e. The molecule has 38 heavy (non-hydrogen) atoms. The van der Waals surface area contributed by atoms with E-state index >= 15 is 0 Å². The quantitative estimate of drug-likeness (QED) is 0.504. The summed E-state index contributed by atoms with van der Waals surface area (Å²) in [5.41, 5.74) is -0.306. The van der Waals surface area contributed by atoms with Crippen LogP contribution in [0, 0.1) is 39.4 Å². The van der Waals surface area contributed by atoms with E-state index < -0.39 is 5.60 Å². The monoisotopic (exact) mass is 523 g/mol. The molecule has 1 aliphatic heterocycles. The zero-order valence-electron chi connectivity index (χ0n) is 23.7. The zero-order valence-corrected chi connectivity index (χ0v) is 23.7. The van der Waals surface area contributed by atoms with Crippen LogP contribution in [-0.2, 0) is 9.53 Å². The van der Waals surface area contributed by atoms with Crippen LogP contribution in [0.4, 0.5) is 0 Å². The Balaban J connectivity index is 1.33. The Kier molecular flexibility index (Phi) is 5.96. The lowest BCUT2D eigenvalue weighted by molar-refractivity contribution is -0.181. The molecule has 1 saturated heterocycles. The van der Waals surface area contributed by atoms with Crippen molar-refractivity contribution >= 4 is 5.78 Å². The van der Waals surface area contributed by atoms with Gasteiger partial charge in [0.05, 0.1) is 24.9 Å². The van der Waals surface area contributed by atoms with Crippen LogP contribution >= 0.6 is 0 Å². The average molecular weight is 524 g/mol. The number of ether oxygens (including phenoxy) is 1. The first-order valence-electron chi connectivity index (χ1n) is 15.9. The fourth-order valence-electron chi connectivity index (χ4n) is 11.3. The number of fused-ring (bicyclic) bond motifs is 1. The normalized spacial score (nSPS) is 50.7. The Bertz CT molecular complexity index is 1040. The molecule has 210 valence electrons. The molecule has 0 amide bonds. The van der Waals surface area contributed by atoms with E-state index in [4.69, 9.17) is 4.74 Å². The summed E-state index contributed by atoms with van der Waals surface area (Å²) in [5.74, 6) is 1.24. The molecule has 5 nitrogen and oxygen atoms in total. The first kappa shape index (κ1) is 25.9. The number of aliphatic hydroxyl groups excluding tert-OH is 1. The summed E-state index contributed by atoms with van der Waals surface area (Å²) in [6.45, 7) is 8.86. The van der Waals surface area contributed by atoms with Crippen LogP contribution in [-0.4, -0.2) is 65.4 Å². The number of nitrogens with zero attached hydrogens (tertiary/aromatic N) is 1. The maximum atomic E-state index is 14.6. The zero-order chi connectivity index (χ0) is 26.4. The van der Waals surface area contributed by atoms with Gasteiger partial charge in [-0.15, -0.1) is 0 Å².